The molecule has 0 aromatic heterocycles. The van der Waals surface area contributed by atoms with Gasteiger partial charge in [0.25, 0.3) is 5.91 Å². The largest absolute Gasteiger partial charge is 0.480 e. The summed E-state index contributed by atoms with van der Waals surface area (Å²) in [7, 11) is 0. The molecule has 0 saturated heterocycles. The summed E-state index contributed by atoms with van der Waals surface area (Å²) >= 11 is 0. The van der Waals surface area contributed by atoms with E-state index in [-0.39, 0.29) is 5.92 Å². The number of anilines is 2. The minimum Gasteiger partial charge on any atom is -0.480 e. The molecule has 2 aromatic carbocycles. The van der Waals surface area contributed by atoms with Crippen LogP contribution in [0.1, 0.15) is 30.6 Å². The van der Waals surface area contributed by atoms with Gasteiger partial charge in [-0.15, -0.1) is 0 Å². The molecule has 27 heavy (non-hydrogen) atoms. The summed E-state index contributed by atoms with van der Waals surface area (Å²) in [5.41, 5.74) is 1.49. The van der Waals surface area contributed by atoms with Crippen LogP contribution in [0.5, 0.6) is 0 Å². The van der Waals surface area contributed by atoms with Crippen LogP contribution >= 0.6 is 0 Å². The van der Waals surface area contributed by atoms with Gasteiger partial charge in [0.2, 0.25) is 0 Å². The normalized spacial score (nSPS) is 11.5. The highest BCUT2D eigenvalue weighted by Gasteiger charge is 2.21. The predicted molar refractivity (Wildman–Crippen MR) is 104 cm³/mol. The van der Waals surface area contributed by atoms with E-state index in [1.807, 2.05) is 32.0 Å². The van der Waals surface area contributed by atoms with Gasteiger partial charge in [0.05, 0.1) is 0 Å². The fraction of sp³-hybridized carbons (Fsp3) is 0.250. The first-order chi connectivity index (χ1) is 12.8. The van der Waals surface area contributed by atoms with E-state index < -0.39 is 23.9 Å². The summed E-state index contributed by atoms with van der Waals surface area (Å²) in [5.74, 6) is -1.39. The smallest absolute Gasteiger partial charge is 0.326 e. The maximum atomic E-state index is 12.2. The molecule has 1 atom stereocenters. The molecule has 0 heterocycles. The summed E-state index contributed by atoms with van der Waals surface area (Å²) in [5, 5.41) is 17.1. The summed E-state index contributed by atoms with van der Waals surface area (Å²) in [6.07, 6.45) is 0.348. The van der Waals surface area contributed by atoms with Gasteiger partial charge < -0.3 is 21.1 Å². The second-order valence-corrected chi connectivity index (χ2v) is 6.52. The summed E-state index contributed by atoms with van der Waals surface area (Å²) in [6, 6.07) is 13.9. The standard InChI is InChI=1S/C20H23N3O4/c1-13(2)12-17(19(25)26)23-18(24)14-8-10-16(11-9-14)22-20(27)21-15-6-4-3-5-7-15/h3-11,13,17H,12H2,1-2H3,(H,23,24)(H,25,26)(H2,21,22,27)/t17-/m0/s1. The zero-order valence-electron chi connectivity index (χ0n) is 15.2. The highest BCUT2D eigenvalue weighted by molar-refractivity contribution is 6.00. The van der Waals surface area contributed by atoms with Crippen LogP contribution in [0.25, 0.3) is 0 Å². The fourth-order valence-corrected chi connectivity index (χ4v) is 2.45. The molecule has 0 aliphatic rings. The van der Waals surface area contributed by atoms with Gasteiger partial charge in [0.1, 0.15) is 6.04 Å². The second kappa shape index (κ2) is 9.38. The number of amides is 3. The minimum atomic E-state index is -1.06. The number of carboxylic acids is 1. The number of carbonyl (C=O) groups excluding carboxylic acids is 2. The maximum absolute atomic E-state index is 12.2. The summed E-state index contributed by atoms with van der Waals surface area (Å²) in [6.45, 7) is 3.78. The van der Waals surface area contributed by atoms with Crippen molar-refractivity contribution in [2.24, 2.45) is 5.92 Å². The van der Waals surface area contributed by atoms with Crippen molar-refractivity contribution in [2.45, 2.75) is 26.3 Å². The van der Waals surface area contributed by atoms with Crippen molar-refractivity contribution in [3.63, 3.8) is 0 Å². The Morgan fingerprint density at radius 3 is 1.96 bits per heavy atom. The third-order valence-corrected chi connectivity index (χ3v) is 3.75. The van der Waals surface area contributed by atoms with Crippen LogP contribution in [0.2, 0.25) is 0 Å². The van der Waals surface area contributed by atoms with Crippen LogP contribution in [-0.2, 0) is 4.79 Å². The number of hydrogen-bond donors (Lipinski definition) is 4. The molecule has 0 unspecified atom stereocenters. The summed E-state index contributed by atoms with van der Waals surface area (Å²) in [4.78, 5) is 35.5. The van der Waals surface area contributed by atoms with Crippen LogP contribution in [0.15, 0.2) is 54.6 Å². The van der Waals surface area contributed by atoms with Crippen molar-refractivity contribution < 1.29 is 19.5 Å². The lowest BCUT2D eigenvalue weighted by Gasteiger charge is -2.16. The van der Waals surface area contributed by atoms with Crippen LogP contribution in [0.3, 0.4) is 0 Å². The quantitative estimate of drug-likeness (QED) is 0.598. The first kappa shape index (κ1) is 20.0. The zero-order chi connectivity index (χ0) is 19.8. The number of aliphatic carboxylic acids is 1. The maximum Gasteiger partial charge on any atom is 0.326 e. The molecule has 7 nitrogen and oxygen atoms in total. The van der Waals surface area contributed by atoms with Crippen molar-refractivity contribution >= 4 is 29.3 Å². The summed E-state index contributed by atoms with van der Waals surface area (Å²) < 4.78 is 0. The van der Waals surface area contributed by atoms with E-state index in [2.05, 4.69) is 16.0 Å². The van der Waals surface area contributed by atoms with Crippen molar-refractivity contribution in [1.29, 1.82) is 0 Å². The van der Waals surface area contributed by atoms with E-state index in [0.29, 0.717) is 23.4 Å². The van der Waals surface area contributed by atoms with E-state index in [9.17, 15) is 19.5 Å². The van der Waals surface area contributed by atoms with Gasteiger partial charge >= 0.3 is 12.0 Å². The lowest BCUT2D eigenvalue weighted by Crippen LogP contribution is -2.41. The molecule has 2 rings (SSSR count). The van der Waals surface area contributed by atoms with Gasteiger partial charge in [-0.25, -0.2) is 9.59 Å². The topological polar surface area (TPSA) is 108 Å². The predicted octanol–water partition coefficient (Wildman–Crippen LogP) is 3.56. The molecule has 0 saturated carbocycles. The van der Waals surface area contributed by atoms with Crippen LogP contribution in [0.4, 0.5) is 16.2 Å². The highest BCUT2D eigenvalue weighted by atomic mass is 16.4. The van der Waals surface area contributed by atoms with Crippen LogP contribution in [0, 0.1) is 5.92 Å². The van der Waals surface area contributed by atoms with Gasteiger partial charge in [0.15, 0.2) is 0 Å². The van der Waals surface area contributed by atoms with Gasteiger partial charge in [-0.1, -0.05) is 32.0 Å². The Bertz CT molecular complexity index is 789. The van der Waals surface area contributed by atoms with Crippen molar-refractivity contribution in [3.8, 4) is 0 Å². The molecule has 0 aliphatic carbocycles. The molecule has 3 amide bonds. The molecule has 2 aromatic rings. The number of carbonyl (C=O) groups is 3. The van der Waals surface area contributed by atoms with E-state index in [0.717, 1.165) is 0 Å². The minimum absolute atomic E-state index is 0.140. The number of rotatable bonds is 7. The lowest BCUT2D eigenvalue weighted by atomic mass is 10.0. The first-order valence-electron chi connectivity index (χ1n) is 8.62. The number of carboxylic acid groups (broad SMARTS) is 1. The van der Waals surface area contributed by atoms with Gasteiger partial charge in [0, 0.05) is 16.9 Å². The number of para-hydroxylation sites is 1. The highest BCUT2D eigenvalue weighted by Crippen LogP contribution is 2.12. The molecular formula is C20H23N3O4. The number of nitrogens with one attached hydrogen (secondary N) is 3. The number of urea groups is 1. The van der Waals surface area contributed by atoms with Crippen LogP contribution < -0.4 is 16.0 Å². The average molecular weight is 369 g/mol. The Morgan fingerprint density at radius 1 is 0.889 bits per heavy atom. The van der Waals surface area contributed by atoms with Gasteiger partial charge in [-0.2, -0.15) is 0 Å². The SMILES string of the molecule is CC(C)C[C@H](NC(=O)c1ccc(NC(=O)Nc2ccccc2)cc1)C(=O)O. The molecular weight excluding hydrogens is 346 g/mol. The molecule has 4 N–H and O–H groups in total. The molecule has 142 valence electrons. The van der Waals surface area contributed by atoms with Crippen LogP contribution in [-0.4, -0.2) is 29.1 Å². The Balaban J connectivity index is 1.94. The fourth-order valence-electron chi connectivity index (χ4n) is 2.45. The Labute approximate surface area is 157 Å². The van der Waals surface area contributed by atoms with E-state index in [1.165, 1.54) is 12.1 Å². The van der Waals surface area contributed by atoms with E-state index in [1.54, 1.807) is 24.3 Å². The van der Waals surface area contributed by atoms with Crippen molar-refractivity contribution in [2.75, 3.05) is 10.6 Å². The second-order valence-electron chi connectivity index (χ2n) is 6.52. The molecule has 0 radical (unpaired) electrons. The average Bonchev–Trinajstić information content (AvgIpc) is 2.62. The van der Waals surface area contributed by atoms with E-state index in [4.69, 9.17) is 0 Å². The molecule has 0 aliphatic heterocycles. The Kier molecular flexibility index (Phi) is 6.93. The monoisotopic (exact) mass is 369 g/mol. The zero-order valence-corrected chi connectivity index (χ0v) is 15.2. The number of hydrogen-bond acceptors (Lipinski definition) is 3. The molecule has 0 bridgehead atoms. The van der Waals surface area contributed by atoms with E-state index >= 15 is 0 Å². The lowest BCUT2D eigenvalue weighted by molar-refractivity contribution is -0.139. The third kappa shape index (κ3) is 6.47. The number of benzene rings is 2. The molecule has 7 heteroatoms. The third-order valence-electron chi connectivity index (χ3n) is 3.75. The van der Waals surface area contributed by atoms with Gasteiger partial charge in [-0.3, -0.25) is 4.79 Å². The first-order valence-corrected chi connectivity index (χ1v) is 8.62. The van der Waals surface area contributed by atoms with Crippen molar-refractivity contribution in [1.82, 2.24) is 5.32 Å². The Morgan fingerprint density at radius 2 is 1.44 bits per heavy atom. The Hall–Kier alpha value is -3.35. The van der Waals surface area contributed by atoms with Crippen molar-refractivity contribution in [3.05, 3.63) is 60.2 Å². The molecule has 0 spiro atoms. The molecule has 0 fully saturated rings. The van der Waals surface area contributed by atoms with Gasteiger partial charge in [-0.05, 0) is 48.7 Å².